The molecule has 0 spiro atoms. The first-order chi connectivity index (χ1) is 6.72. The van der Waals surface area contributed by atoms with E-state index >= 15 is 0 Å². The van der Waals surface area contributed by atoms with Gasteiger partial charge >= 0.3 is 0 Å². The van der Waals surface area contributed by atoms with E-state index < -0.39 is 0 Å². The smallest absolute Gasteiger partial charge is 0.157 e. The van der Waals surface area contributed by atoms with Crippen LogP contribution >= 0.6 is 0 Å². The van der Waals surface area contributed by atoms with Crippen LogP contribution in [0, 0.1) is 0 Å². The molecule has 0 fully saturated rings. The molecule has 0 aliphatic heterocycles. The lowest BCUT2D eigenvalue weighted by atomic mass is 10.4. The molecule has 0 atom stereocenters. The van der Waals surface area contributed by atoms with Crippen molar-refractivity contribution in [3.8, 4) is 5.75 Å². The average Bonchev–Trinajstić information content (AvgIpc) is 2.60. The Kier molecular flexibility index (Phi) is 4.46. The van der Waals surface area contributed by atoms with Gasteiger partial charge in [-0.2, -0.15) is 5.10 Å². The molecule has 1 heterocycles. The van der Waals surface area contributed by atoms with Gasteiger partial charge in [-0.15, -0.1) is 0 Å². The minimum atomic E-state index is 0.511. The summed E-state index contributed by atoms with van der Waals surface area (Å²) in [5, 5.41) is 7.40. The van der Waals surface area contributed by atoms with Crippen molar-refractivity contribution in [2.45, 2.75) is 33.4 Å². The quantitative estimate of drug-likeness (QED) is 0.698. The number of rotatable bonds is 6. The van der Waals surface area contributed by atoms with Crippen molar-refractivity contribution in [1.29, 1.82) is 0 Å². The third kappa shape index (κ3) is 3.79. The van der Waals surface area contributed by atoms with Gasteiger partial charge in [0.25, 0.3) is 0 Å². The molecular formula is C10H19N3O. The van der Waals surface area contributed by atoms with E-state index in [1.165, 1.54) is 0 Å². The SMILES string of the molecule is CCn1cc(OCCNC(C)C)cn1. The van der Waals surface area contributed by atoms with Crippen LogP contribution in [0.1, 0.15) is 20.8 Å². The Morgan fingerprint density at radius 2 is 2.36 bits per heavy atom. The van der Waals surface area contributed by atoms with Crippen LogP contribution < -0.4 is 10.1 Å². The van der Waals surface area contributed by atoms with Crippen LogP contribution in [-0.2, 0) is 6.54 Å². The molecule has 1 rings (SSSR count). The van der Waals surface area contributed by atoms with Crippen LogP contribution in [0.2, 0.25) is 0 Å². The second-order valence-electron chi connectivity index (χ2n) is 3.49. The first-order valence-electron chi connectivity index (χ1n) is 5.11. The summed E-state index contributed by atoms with van der Waals surface area (Å²) in [7, 11) is 0. The average molecular weight is 197 g/mol. The number of aromatic nitrogens is 2. The normalized spacial score (nSPS) is 10.9. The van der Waals surface area contributed by atoms with Crippen molar-refractivity contribution in [3.05, 3.63) is 12.4 Å². The lowest BCUT2D eigenvalue weighted by Crippen LogP contribution is -2.27. The topological polar surface area (TPSA) is 39.1 Å². The molecule has 0 unspecified atom stereocenters. The van der Waals surface area contributed by atoms with Gasteiger partial charge in [-0.25, -0.2) is 0 Å². The first kappa shape index (κ1) is 11.0. The van der Waals surface area contributed by atoms with Gasteiger partial charge in [0.15, 0.2) is 5.75 Å². The van der Waals surface area contributed by atoms with Crippen LogP contribution in [0.15, 0.2) is 12.4 Å². The molecule has 14 heavy (non-hydrogen) atoms. The second kappa shape index (κ2) is 5.65. The lowest BCUT2D eigenvalue weighted by Gasteiger charge is -2.07. The number of nitrogens with zero attached hydrogens (tertiary/aromatic N) is 2. The third-order valence-corrected chi connectivity index (χ3v) is 1.86. The summed E-state index contributed by atoms with van der Waals surface area (Å²) in [5.74, 6) is 0.845. The van der Waals surface area contributed by atoms with Crippen LogP contribution in [0.3, 0.4) is 0 Å². The lowest BCUT2D eigenvalue weighted by molar-refractivity contribution is 0.308. The molecule has 0 aliphatic rings. The van der Waals surface area contributed by atoms with E-state index in [1.807, 2.05) is 10.9 Å². The molecule has 0 amide bonds. The molecule has 1 aromatic rings. The third-order valence-electron chi connectivity index (χ3n) is 1.86. The van der Waals surface area contributed by atoms with E-state index in [0.29, 0.717) is 12.6 Å². The van der Waals surface area contributed by atoms with E-state index in [4.69, 9.17) is 4.74 Å². The van der Waals surface area contributed by atoms with Crippen molar-refractivity contribution >= 4 is 0 Å². The Labute approximate surface area is 85.3 Å². The van der Waals surface area contributed by atoms with Gasteiger partial charge in [0.05, 0.1) is 12.4 Å². The van der Waals surface area contributed by atoms with Crippen molar-refractivity contribution in [2.75, 3.05) is 13.2 Å². The van der Waals surface area contributed by atoms with Crippen LogP contribution in [-0.4, -0.2) is 29.0 Å². The first-order valence-corrected chi connectivity index (χ1v) is 5.11. The molecule has 4 nitrogen and oxygen atoms in total. The Hall–Kier alpha value is -1.03. The van der Waals surface area contributed by atoms with E-state index in [2.05, 4.69) is 31.2 Å². The number of nitrogens with one attached hydrogen (secondary N) is 1. The maximum Gasteiger partial charge on any atom is 0.157 e. The maximum absolute atomic E-state index is 5.49. The standard InChI is InChI=1S/C10H19N3O/c1-4-13-8-10(7-12-13)14-6-5-11-9(2)3/h7-9,11H,4-6H2,1-3H3. The fourth-order valence-electron chi connectivity index (χ4n) is 1.11. The summed E-state index contributed by atoms with van der Waals surface area (Å²) in [6.07, 6.45) is 3.66. The zero-order valence-corrected chi connectivity index (χ0v) is 9.16. The molecule has 80 valence electrons. The Bertz CT molecular complexity index is 258. The monoisotopic (exact) mass is 197 g/mol. The number of hydrogen-bond donors (Lipinski definition) is 1. The fourth-order valence-corrected chi connectivity index (χ4v) is 1.11. The highest BCUT2D eigenvalue weighted by molar-refractivity contribution is 5.11. The van der Waals surface area contributed by atoms with Crippen molar-refractivity contribution in [2.24, 2.45) is 0 Å². The minimum absolute atomic E-state index is 0.511. The molecule has 0 radical (unpaired) electrons. The molecule has 1 N–H and O–H groups in total. The summed E-state index contributed by atoms with van der Waals surface area (Å²) < 4.78 is 7.35. The maximum atomic E-state index is 5.49. The van der Waals surface area contributed by atoms with E-state index in [9.17, 15) is 0 Å². The van der Waals surface area contributed by atoms with Crippen molar-refractivity contribution < 1.29 is 4.74 Å². The van der Waals surface area contributed by atoms with E-state index in [1.54, 1.807) is 6.20 Å². The molecule has 0 aliphatic carbocycles. The summed E-state index contributed by atoms with van der Waals surface area (Å²) in [6.45, 7) is 8.73. The Morgan fingerprint density at radius 1 is 1.57 bits per heavy atom. The summed E-state index contributed by atoms with van der Waals surface area (Å²) >= 11 is 0. The highest BCUT2D eigenvalue weighted by Crippen LogP contribution is 2.07. The molecule has 0 saturated carbocycles. The zero-order chi connectivity index (χ0) is 10.4. The second-order valence-corrected chi connectivity index (χ2v) is 3.49. The molecule has 4 heteroatoms. The van der Waals surface area contributed by atoms with Gasteiger partial charge in [0, 0.05) is 19.1 Å². The number of hydrogen-bond acceptors (Lipinski definition) is 3. The predicted molar refractivity (Wildman–Crippen MR) is 56.5 cm³/mol. The fraction of sp³-hybridized carbons (Fsp3) is 0.700. The van der Waals surface area contributed by atoms with Crippen molar-refractivity contribution in [1.82, 2.24) is 15.1 Å². The summed E-state index contributed by atoms with van der Waals surface area (Å²) in [6, 6.07) is 0.511. The summed E-state index contributed by atoms with van der Waals surface area (Å²) in [5.41, 5.74) is 0. The van der Waals surface area contributed by atoms with Gasteiger partial charge in [-0.05, 0) is 6.92 Å². The number of aryl methyl sites for hydroxylation is 1. The summed E-state index contributed by atoms with van der Waals surface area (Å²) in [4.78, 5) is 0. The van der Waals surface area contributed by atoms with Crippen molar-refractivity contribution in [3.63, 3.8) is 0 Å². The minimum Gasteiger partial charge on any atom is -0.489 e. The van der Waals surface area contributed by atoms with Crippen LogP contribution in [0.4, 0.5) is 0 Å². The van der Waals surface area contributed by atoms with E-state index in [-0.39, 0.29) is 0 Å². The number of ether oxygens (including phenoxy) is 1. The highest BCUT2D eigenvalue weighted by atomic mass is 16.5. The van der Waals surface area contributed by atoms with Gasteiger partial charge in [-0.3, -0.25) is 4.68 Å². The Balaban J connectivity index is 2.18. The Morgan fingerprint density at radius 3 is 2.93 bits per heavy atom. The van der Waals surface area contributed by atoms with Gasteiger partial charge < -0.3 is 10.1 Å². The van der Waals surface area contributed by atoms with Gasteiger partial charge in [0.2, 0.25) is 0 Å². The zero-order valence-electron chi connectivity index (χ0n) is 9.16. The molecular weight excluding hydrogens is 178 g/mol. The highest BCUT2D eigenvalue weighted by Gasteiger charge is 1.97. The molecule has 1 aromatic heterocycles. The van der Waals surface area contributed by atoms with Crippen LogP contribution in [0.5, 0.6) is 5.75 Å². The molecule has 0 saturated heterocycles. The van der Waals surface area contributed by atoms with Crippen LogP contribution in [0.25, 0.3) is 0 Å². The largest absolute Gasteiger partial charge is 0.489 e. The van der Waals surface area contributed by atoms with Gasteiger partial charge in [0.1, 0.15) is 6.61 Å². The molecule has 0 aromatic carbocycles. The van der Waals surface area contributed by atoms with E-state index in [0.717, 1.165) is 18.8 Å². The predicted octanol–water partition coefficient (Wildman–Crippen LogP) is 1.28. The molecule has 0 bridgehead atoms. The van der Waals surface area contributed by atoms with Gasteiger partial charge in [-0.1, -0.05) is 13.8 Å².